The van der Waals surface area contributed by atoms with Crippen molar-refractivity contribution in [2.75, 3.05) is 13.1 Å². The van der Waals surface area contributed by atoms with Gasteiger partial charge in [-0.2, -0.15) is 0 Å². The number of piperidine rings is 1. The number of nitrogens with zero attached hydrogens (tertiary/aromatic N) is 2. The molecule has 3 aromatic rings. The van der Waals surface area contributed by atoms with Gasteiger partial charge < -0.3 is 9.88 Å². The van der Waals surface area contributed by atoms with E-state index in [2.05, 4.69) is 4.98 Å². The van der Waals surface area contributed by atoms with Crippen LogP contribution in [0.3, 0.4) is 0 Å². The minimum atomic E-state index is -0.213. The highest BCUT2D eigenvalue weighted by Gasteiger charge is 2.26. The van der Waals surface area contributed by atoms with Gasteiger partial charge in [-0.1, -0.05) is 29.8 Å². The largest absolute Gasteiger partial charge is 0.338 e. The first-order valence-corrected chi connectivity index (χ1v) is 9.69. The summed E-state index contributed by atoms with van der Waals surface area (Å²) in [6.07, 6.45) is 3.39. The standard InChI is InChI=1S/C22H20ClN3O2/c23-18-6-1-4-15(12-18)19-7-2-8-20(25-19)17-5-3-11-26(14-17)22(28)16-9-10-21(27)24-13-16/h1-2,4,6-10,12-13,17H,3,5,11,14H2,(H,24,27). The average Bonchev–Trinajstić information content (AvgIpc) is 2.74. The quantitative estimate of drug-likeness (QED) is 0.728. The van der Waals surface area contributed by atoms with Crippen LogP contribution in [0.2, 0.25) is 5.02 Å². The number of H-pyrrole nitrogens is 1. The van der Waals surface area contributed by atoms with Crippen molar-refractivity contribution in [2.24, 2.45) is 0 Å². The van der Waals surface area contributed by atoms with Crippen LogP contribution in [0.25, 0.3) is 11.3 Å². The molecule has 0 spiro atoms. The van der Waals surface area contributed by atoms with Crippen LogP contribution in [0.15, 0.2) is 65.6 Å². The van der Waals surface area contributed by atoms with Gasteiger partial charge in [0.25, 0.3) is 5.91 Å². The molecular weight excluding hydrogens is 374 g/mol. The Kier molecular flexibility index (Phi) is 5.26. The highest BCUT2D eigenvalue weighted by atomic mass is 35.5. The van der Waals surface area contributed by atoms with Gasteiger partial charge in [-0.05, 0) is 43.2 Å². The van der Waals surface area contributed by atoms with E-state index in [1.54, 1.807) is 6.07 Å². The SMILES string of the molecule is O=C(c1ccc(=O)[nH]c1)N1CCCC(c2cccc(-c3cccc(Cl)c3)n2)C1. The number of likely N-dealkylation sites (tertiary alicyclic amines) is 1. The number of hydrogen-bond acceptors (Lipinski definition) is 3. The first-order chi connectivity index (χ1) is 13.6. The summed E-state index contributed by atoms with van der Waals surface area (Å²) in [5, 5.41) is 0.681. The van der Waals surface area contributed by atoms with Crippen LogP contribution in [-0.4, -0.2) is 33.9 Å². The first kappa shape index (κ1) is 18.4. The predicted molar refractivity (Wildman–Crippen MR) is 110 cm³/mol. The molecule has 1 aliphatic heterocycles. The van der Waals surface area contributed by atoms with Crippen molar-refractivity contribution >= 4 is 17.5 Å². The molecule has 4 rings (SSSR count). The molecule has 0 aliphatic carbocycles. The molecule has 28 heavy (non-hydrogen) atoms. The van der Waals surface area contributed by atoms with Gasteiger partial charge in [0.1, 0.15) is 0 Å². The highest BCUT2D eigenvalue weighted by Crippen LogP contribution is 2.29. The van der Waals surface area contributed by atoms with Crippen LogP contribution >= 0.6 is 11.6 Å². The lowest BCUT2D eigenvalue weighted by molar-refractivity contribution is 0.0705. The Morgan fingerprint density at radius 3 is 2.79 bits per heavy atom. The Labute approximate surface area is 168 Å². The van der Waals surface area contributed by atoms with Crippen LogP contribution in [0.4, 0.5) is 0 Å². The molecule has 0 saturated carbocycles. The Hall–Kier alpha value is -2.92. The molecule has 1 unspecified atom stereocenters. The molecule has 1 aliphatic rings. The number of carbonyl (C=O) groups is 1. The monoisotopic (exact) mass is 393 g/mol. The summed E-state index contributed by atoms with van der Waals surface area (Å²) in [6, 6.07) is 16.6. The zero-order valence-corrected chi connectivity index (χ0v) is 16.0. The fraction of sp³-hybridized carbons (Fsp3) is 0.227. The number of rotatable bonds is 3. The van der Waals surface area contributed by atoms with Crippen LogP contribution in [0.1, 0.15) is 34.8 Å². The van der Waals surface area contributed by atoms with Gasteiger partial charge >= 0.3 is 0 Å². The third-order valence-corrected chi connectivity index (χ3v) is 5.28. The fourth-order valence-corrected chi connectivity index (χ4v) is 3.81. The first-order valence-electron chi connectivity index (χ1n) is 9.31. The molecule has 142 valence electrons. The molecule has 0 radical (unpaired) electrons. The van der Waals surface area contributed by atoms with E-state index in [9.17, 15) is 9.59 Å². The van der Waals surface area contributed by atoms with Crippen molar-refractivity contribution in [1.29, 1.82) is 0 Å². The Balaban J connectivity index is 1.55. The normalized spacial score (nSPS) is 16.8. The van der Waals surface area contributed by atoms with E-state index >= 15 is 0 Å². The fourth-order valence-electron chi connectivity index (χ4n) is 3.62. The number of carbonyl (C=O) groups excluding carboxylic acids is 1. The van der Waals surface area contributed by atoms with E-state index in [4.69, 9.17) is 16.6 Å². The van der Waals surface area contributed by atoms with Crippen molar-refractivity contribution in [3.63, 3.8) is 0 Å². The minimum absolute atomic E-state index is 0.0630. The summed E-state index contributed by atoms with van der Waals surface area (Å²) in [6.45, 7) is 1.33. The van der Waals surface area contributed by atoms with E-state index in [0.29, 0.717) is 23.7 Å². The van der Waals surface area contributed by atoms with Crippen LogP contribution in [0.5, 0.6) is 0 Å². The third kappa shape index (κ3) is 3.99. The number of amides is 1. The smallest absolute Gasteiger partial charge is 0.255 e. The third-order valence-electron chi connectivity index (χ3n) is 5.05. The predicted octanol–water partition coefficient (Wildman–Crippen LogP) is 4.11. The molecule has 1 aromatic carbocycles. The Bertz CT molecular complexity index is 1040. The van der Waals surface area contributed by atoms with Gasteiger partial charge in [-0.25, -0.2) is 0 Å². The van der Waals surface area contributed by atoms with Crippen LogP contribution in [0, 0.1) is 0 Å². The Morgan fingerprint density at radius 2 is 2.00 bits per heavy atom. The lowest BCUT2D eigenvalue weighted by Crippen LogP contribution is -2.39. The number of nitrogens with one attached hydrogen (secondary N) is 1. The van der Waals surface area contributed by atoms with Gasteiger partial charge in [0, 0.05) is 47.6 Å². The number of benzene rings is 1. The molecule has 0 bridgehead atoms. The van der Waals surface area contributed by atoms with E-state index in [0.717, 1.165) is 29.8 Å². The van der Waals surface area contributed by atoms with E-state index < -0.39 is 0 Å². The summed E-state index contributed by atoms with van der Waals surface area (Å²) >= 11 is 6.11. The number of aromatic nitrogens is 2. The molecule has 1 saturated heterocycles. The molecule has 2 aromatic heterocycles. The minimum Gasteiger partial charge on any atom is -0.338 e. The van der Waals surface area contributed by atoms with Gasteiger partial charge in [-0.3, -0.25) is 14.6 Å². The van der Waals surface area contributed by atoms with Gasteiger partial charge in [-0.15, -0.1) is 0 Å². The summed E-state index contributed by atoms with van der Waals surface area (Å²) in [4.78, 5) is 33.3. The number of hydrogen-bond donors (Lipinski definition) is 1. The lowest BCUT2D eigenvalue weighted by Gasteiger charge is -2.32. The topological polar surface area (TPSA) is 66.1 Å². The molecule has 6 heteroatoms. The molecule has 1 N–H and O–H groups in total. The molecule has 1 fully saturated rings. The summed E-state index contributed by atoms with van der Waals surface area (Å²) < 4.78 is 0. The summed E-state index contributed by atoms with van der Waals surface area (Å²) in [5.41, 5.74) is 3.13. The van der Waals surface area contributed by atoms with Crippen molar-refractivity contribution < 1.29 is 4.79 Å². The maximum Gasteiger partial charge on any atom is 0.255 e. The maximum atomic E-state index is 12.8. The van der Waals surface area contributed by atoms with Gasteiger partial charge in [0.05, 0.1) is 11.3 Å². The molecule has 3 heterocycles. The van der Waals surface area contributed by atoms with Crippen LogP contribution < -0.4 is 5.56 Å². The lowest BCUT2D eigenvalue weighted by atomic mass is 9.93. The zero-order chi connectivity index (χ0) is 19.5. The highest BCUT2D eigenvalue weighted by molar-refractivity contribution is 6.30. The second-order valence-corrected chi connectivity index (χ2v) is 7.43. The Morgan fingerprint density at radius 1 is 1.14 bits per heavy atom. The summed E-state index contributed by atoms with van der Waals surface area (Å²) in [5.74, 6) is 0.117. The van der Waals surface area contributed by atoms with Crippen molar-refractivity contribution in [2.45, 2.75) is 18.8 Å². The number of halogens is 1. The zero-order valence-electron chi connectivity index (χ0n) is 15.3. The van der Waals surface area contributed by atoms with Gasteiger partial charge in [0.15, 0.2) is 0 Å². The second-order valence-electron chi connectivity index (χ2n) is 6.99. The van der Waals surface area contributed by atoms with E-state index in [1.165, 1.54) is 12.3 Å². The average molecular weight is 394 g/mol. The second kappa shape index (κ2) is 7.98. The maximum absolute atomic E-state index is 12.8. The van der Waals surface area contributed by atoms with Crippen molar-refractivity contribution in [3.8, 4) is 11.3 Å². The van der Waals surface area contributed by atoms with Crippen molar-refractivity contribution in [3.05, 3.63) is 87.4 Å². The summed E-state index contributed by atoms with van der Waals surface area (Å²) in [7, 11) is 0. The molecule has 5 nitrogen and oxygen atoms in total. The molecule has 1 amide bonds. The van der Waals surface area contributed by atoms with Crippen LogP contribution in [-0.2, 0) is 0 Å². The van der Waals surface area contributed by atoms with E-state index in [-0.39, 0.29) is 17.4 Å². The van der Waals surface area contributed by atoms with E-state index in [1.807, 2.05) is 47.4 Å². The van der Waals surface area contributed by atoms with Gasteiger partial charge in [0.2, 0.25) is 5.56 Å². The molecule has 1 atom stereocenters. The number of aromatic amines is 1. The number of pyridine rings is 2. The van der Waals surface area contributed by atoms with Crippen molar-refractivity contribution in [1.82, 2.24) is 14.9 Å². The molecular formula is C22H20ClN3O2.